The Morgan fingerprint density at radius 2 is 2.21 bits per heavy atom. The van der Waals surface area contributed by atoms with Gasteiger partial charge in [-0.05, 0) is 12.8 Å². The highest BCUT2D eigenvalue weighted by molar-refractivity contribution is 5.81. The highest BCUT2D eigenvalue weighted by atomic mass is 16.1. The van der Waals surface area contributed by atoms with E-state index in [2.05, 4.69) is 39.7 Å². The molecule has 2 aromatic heterocycles. The van der Waals surface area contributed by atoms with Crippen LogP contribution in [0.3, 0.4) is 0 Å². The molecule has 1 amide bonds. The van der Waals surface area contributed by atoms with E-state index in [1.165, 1.54) is 0 Å². The number of carbonyl (C=O) groups is 1. The van der Waals surface area contributed by atoms with Crippen LogP contribution in [0.5, 0.6) is 0 Å². The van der Waals surface area contributed by atoms with Gasteiger partial charge in [-0.2, -0.15) is 0 Å². The summed E-state index contributed by atoms with van der Waals surface area (Å²) < 4.78 is 1.82. The molecule has 0 bridgehead atoms. The van der Waals surface area contributed by atoms with Crippen LogP contribution in [0.4, 0.5) is 5.82 Å². The summed E-state index contributed by atoms with van der Waals surface area (Å²) in [7, 11) is 0. The monoisotopic (exact) mass is 262 g/mol. The van der Waals surface area contributed by atoms with Gasteiger partial charge in [-0.25, -0.2) is 4.98 Å². The highest BCUT2D eigenvalue weighted by Crippen LogP contribution is 2.11. The van der Waals surface area contributed by atoms with Crippen molar-refractivity contribution in [1.82, 2.24) is 24.9 Å². The van der Waals surface area contributed by atoms with Gasteiger partial charge in [0.05, 0.1) is 6.54 Å². The molecule has 0 aliphatic rings. The van der Waals surface area contributed by atoms with Crippen LogP contribution in [-0.2, 0) is 4.79 Å². The Bertz CT molecular complexity index is 577. The lowest BCUT2D eigenvalue weighted by Gasteiger charge is -2.09. The van der Waals surface area contributed by atoms with Crippen LogP contribution < -0.4 is 10.6 Å². The van der Waals surface area contributed by atoms with Gasteiger partial charge in [0.15, 0.2) is 5.82 Å². The van der Waals surface area contributed by atoms with Gasteiger partial charge in [-0.3, -0.25) is 9.20 Å². The van der Waals surface area contributed by atoms with Crippen LogP contribution in [0.15, 0.2) is 12.4 Å². The summed E-state index contributed by atoms with van der Waals surface area (Å²) in [5, 5.41) is 13.8. The van der Waals surface area contributed by atoms with Gasteiger partial charge in [0, 0.05) is 18.9 Å². The van der Waals surface area contributed by atoms with Crippen molar-refractivity contribution in [3.05, 3.63) is 18.2 Å². The largest absolute Gasteiger partial charge is 0.358 e. The second-order valence-corrected chi connectivity index (χ2v) is 4.77. The number of fused-ring (bicyclic) bond motifs is 1. The van der Waals surface area contributed by atoms with Crippen LogP contribution in [0.25, 0.3) is 5.65 Å². The van der Waals surface area contributed by atoms with Crippen molar-refractivity contribution >= 4 is 17.4 Å². The Hall–Kier alpha value is -2.18. The second-order valence-electron chi connectivity index (χ2n) is 4.77. The van der Waals surface area contributed by atoms with Gasteiger partial charge in [-0.1, -0.05) is 13.8 Å². The van der Waals surface area contributed by atoms with E-state index >= 15 is 0 Å². The van der Waals surface area contributed by atoms with E-state index in [9.17, 15) is 4.79 Å². The quantitative estimate of drug-likeness (QED) is 0.825. The lowest BCUT2D eigenvalue weighted by atomic mass is 10.2. The normalized spacial score (nSPS) is 10.9. The number of carbonyl (C=O) groups excluding carboxylic acids is 1. The standard InChI is InChI=1S/C12H18N6O/c1-8(2)6-14-10(19)7-15-11-12-17-16-9(3)18(12)5-4-13-11/h4-5,8H,6-7H2,1-3H3,(H,13,15)(H,14,19). The topological polar surface area (TPSA) is 84.2 Å². The molecule has 0 aromatic carbocycles. The Labute approximate surface area is 111 Å². The van der Waals surface area contributed by atoms with Crippen molar-refractivity contribution in [2.45, 2.75) is 20.8 Å². The first-order valence-corrected chi connectivity index (χ1v) is 6.25. The number of nitrogens with zero attached hydrogens (tertiary/aromatic N) is 4. The summed E-state index contributed by atoms with van der Waals surface area (Å²) in [6.07, 6.45) is 3.44. The fraction of sp³-hybridized carbons (Fsp3) is 0.500. The van der Waals surface area contributed by atoms with Crippen LogP contribution in [-0.4, -0.2) is 38.6 Å². The molecule has 2 heterocycles. The molecule has 0 fully saturated rings. The van der Waals surface area contributed by atoms with Gasteiger partial charge in [0.1, 0.15) is 5.82 Å². The summed E-state index contributed by atoms with van der Waals surface area (Å²) in [6.45, 7) is 6.80. The molecule has 102 valence electrons. The average molecular weight is 262 g/mol. The maximum absolute atomic E-state index is 11.6. The summed E-state index contributed by atoms with van der Waals surface area (Å²) in [4.78, 5) is 15.8. The smallest absolute Gasteiger partial charge is 0.239 e. The minimum absolute atomic E-state index is 0.0614. The summed E-state index contributed by atoms with van der Waals surface area (Å²) in [5.74, 6) is 1.71. The highest BCUT2D eigenvalue weighted by Gasteiger charge is 2.09. The van der Waals surface area contributed by atoms with Crippen molar-refractivity contribution in [1.29, 1.82) is 0 Å². The van der Waals surface area contributed by atoms with E-state index in [1.807, 2.05) is 11.3 Å². The van der Waals surface area contributed by atoms with E-state index in [1.54, 1.807) is 12.4 Å². The first kappa shape index (κ1) is 13.3. The number of aryl methyl sites for hydroxylation is 1. The molecule has 0 aliphatic carbocycles. The fourth-order valence-corrected chi connectivity index (χ4v) is 1.61. The number of hydrogen-bond donors (Lipinski definition) is 2. The van der Waals surface area contributed by atoms with E-state index in [0.717, 1.165) is 5.82 Å². The Morgan fingerprint density at radius 3 is 2.95 bits per heavy atom. The first-order chi connectivity index (χ1) is 9.08. The summed E-state index contributed by atoms with van der Waals surface area (Å²) >= 11 is 0. The fourth-order valence-electron chi connectivity index (χ4n) is 1.61. The number of rotatable bonds is 5. The van der Waals surface area contributed by atoms with Gasteiger partial charge in [0.2, 0.25) is 11.6 Å². The third-order valence-electron chi connectivity index (χ3n) is 2.62. The predicted octanol–water partition coefficient (Wildman–Crippen LogP) is 0.617. The molecule has 0 unspecified atom stereocenters. The molecule has 0 spiro atoms. The zero-order chi connectivity index (χ0) is 13.8. The minimum atomic E-state index is -0.0614. The van der Waals surface area contributed by atoms with Gasteiger partial charge in [0.25, 0.3) is 0 Å². The van der Waals surface area contributed by atoms with Crippen LogP contribution >= 0.6 is 0 Å². The van der Waals surface area contributed by atoms with Crippen LogP contribution in [0, 0.1) is 12.8 Å². The zero-order valence-corrected chi connectivity index (χ0v) is 11.3. The minimum Gasteiger partial charge on any atom is -0.358 e. The maximum Gasteiger partial charge on any atom is 0.239 e. The van der Waals surface area contributed by atoms with E-state index in [4.69, 9.17) is 0 Å². The maximum atomic E-state index is 11.6. The van der Waals surface area contributed by atoms with Crippen molar-refractivity contribution in [2.24, 2.45) is 5.92 Å². The molecule has 7 heteroatoms. The SMILES string of the molecule is Cc1nnc2c(NCC(=O)NCC(C)C)nccn12. The van der Waals surface area contributed by atoms with E-state index in [-0.39, 0.29) is 12.5 Å². The molecule has 7 nitrogen and oxygen atoms in total. The molecule has 0 saturated heterocycles. The molecular weight excluding hydrogens is 244 g/mol. The number of anilines is 1. The molecule has 0 saturated carbocycles. The molecule has 0 atom stereocenters. The van der Waals surface area contributed by atoms with Crippen LogP contribution in [0.1, 0.15) is 19.7 Å². The zero-order valence-electron chi connectivity index (χ0n) is 11.3. The molecule has 2 aromatic rings. The number of hydrogen-bond acceptors (Lipinski definition) is 5. The number of amides is 1. The second kappa shape index (κ2) is 5.64. The predicted molar refractivity (Wildman–Crippen MR) is 71.9 cm³/mol. The van der Waals surface area contributed by atoms with Crippen molar-refractivity contribution in [2.75, 3.05) is 18.4 Å². The Kier molecular flexibility index (Phi) is 3.94. The van der Waals surface area contributed by atoms with E-state index in [0.29, 0.717) is 23.9 Å². The molecule has 2 rings (SSSR count). The van der Waals surface area contributed by atoms with Crippen molar-refractivity contribution in [3.63, 3.8) is 0 Å². The Morgan fingerprint density at radius 1 is 1.42 bits per heavy atom. The molecular formula is C12H18N6O. The van der Waals surface area contributed by atoms with Crippen molar-refractivity contribution < 1.29 is 4.79 Å². The molecule has 0 aliphatic heterocycles. The molecule has 19 heavy (non-hydrogen) atoms. The number of aromatic nitrogens is 4. The average Bonchev–Trinajstić information content (AvgIpc) is 2.76. The summed E-state index contributed by atoms with van der Waals surface area (Å²) in [6, 6.07) is 0. The van der Waals surface area contributed by atoms with Gasteiger partial charge in [-0.15, -0.1) is 10.2 Å². The lowest BCUT2D eigenvalue weighted by molar-refractivity contribution is -0.119. The third kappa shape index (κ3) is 3.18. The lowest BCUT2D eigenvalue weighted by Crippen LogP contribution is -2.32. The third-order valence-corrected chi connectivity index (χ3v) is 2.62. The molecule has 2 N–H and O–H groups in total. The molecule has 0 radical (unpaired) electrons. The van der Waals surface area contributed by atoms with Gasteiger partial charge >= 0.3 is 0 Å². The Balaban J connectivity index is 2.00. The van der Waals surface area contributed by atoms with Gasteiger partial charge < -0.3 is 10.6 Å². The van der Waals surface area contributed by atoms with Crippen molar-refractivity contribution in [3.8, 4) is 0 Å². The van der Waals surface area contributed by atoms with E-state index < -0.39 is 0 Å². The number of nitrogens with one attached hydrogen (secondary N) is 2. The van der Waals surface area contributed by atoms with Crippen LogP contribution in [0.2, 0.25) is 0 Å². The summed E-state index contributed by atoms with van der Waals surface area (Å²) in [5.41, 5.74) is 0.622. The first-order valence-electron chi connectivity index (χ1n) is 6.25.